The molecule has 0 aliphatic carbocycles. The van der Waals surface area contributed by atoms with Gasteiger partial charge in [0.1, 0.15) is 5.84 Å². The normalized spacial score (nSPS) is 12.3. The lowest BCUT2D eigenvalue weighted by Gasteiger charge is -2.24. The minimum Gasteiger partial charge on any atom is -0.409 e. The second kappa shape index (κ2) is 8.48. The minimum atomic E-state index is 0.287. The first-order valence-electron chi connectivity index (χ1n) is 6.69. The van der Waals surface area contributed by atoms with Crippen LogP contribution in [0.2, 0.25) is 0 Å². The molecule has 5 heteroatoms. The van der Waals surface area contributed by atoms with Crippen molar-refractivity contribution in [3.05, 3.63) is 30.1 Å². The molecule has 0 saturated carbocycles. The second-order valence-corrected chi connectivity index (χ2v) is 5.15. The van der Waals surface area contributed by atoms with E-state index in [0.717, 1.165) is 26.1 Å². The average molecular weight is 264 g/mol. The van der Waals surface area contributed by atoms with Gasteiger partial charge in [-0.1, -0.05) is 25.1 Å². The van der Waals surface area contributed by atoms with E-state index in [4.69, 9.17) is 10.9 Å². The Balaban J connectivity index is 2.45. The molecular weight excluding hydrogens is 240 g/mol. The van der Waals surface area contributed by atoms with Crippen molar-refractivity contribution in [3.63, 3.8) is 0 Å². The Morgan fingerprint density at radius 3 is 2.84 bits per heavy atom. The van der Waals surface area contributed by atoms with E-state index in [1.165, 1.54) is 5.56 Å². The zero-order chi connectivity index (χ0) is 14.1. The number of nitrogens with zero attached hydrogens (tertiary/aromatic N) is 3. The molecule has 0 atom stereocenters. The van der Waals surface area contributed by atoms with Crippen LogP contribution in [-0.4, -0.2) is 40.6 Å². The van der Waals surface area contributed by atoms with Crippen LogP contribution in [0.3, 0.4) is 0 Å². The third-order valence-corrected chi connectivity index (χ3v) is 2.88. The van der Waals surface area contributed by atoms with E-state index in [1.54, 1.807) is 6.20 Å². The Morgan fingerprint density at radius 1 is 1.47 bits per heavy atom. The topological polar surface area (TPSA) is 74.7 Å². The lowest BCUT2D eigenvalue weighted by Crippen LogP contribution is -2.33. The van der Waals surface area contributed by atoms with Crippen LogP contribution in [0.4, 0.5) is 0 Å². The lowest BCUT2D eigenvalue weighted by molar-refractivity contribution is 0.251. The lowest BCUT2D eigenvalue weighted by atomic mass is 10.1. The fraction of sp³-hybridized carbons (Fsp3) is 0.571. The molecule has 106 valence electrons. The summed E-state index contributed by atoms with van der Waals surface area (Å²) >= 11 is 0. The minimum absolute atomic E-state index is 0.287. The van der Waals surface area contributed by atoms with E-state index < -0.39 is 0 Å². The maximum atomic E-state index is 8.57. The average Bonchev–Trinajstić information content (AvgIpc) is 2.42. The van der Waals surface area contributed by atoms with E-state index in [-0.39, 0.29) is 5.84 Å². The van der Waals surface area contributed by atoms with E-state index in [2.05, 4.69) is 35.0 Å². The second-order valence-electron chi connectivity index (χ2n) is 5.15. The van der Waals surface area contributed by atoms with Gasteiger partial charge >= 0.3 is 0 Å². The highest BCUT2D eigenvalue weighted by atomic mass is 16.4. The van der Waals surface area contributed by atoms with Gasteiger partial charge in [-0.2, -0.15) is 0 Å². The Morgan fingerprint density at radius 2 is 2.26 bits per heavy atom. The standard InChI is InChI=1S/C14H24N4O/c1-12(2)11-18(9-6-14(15)17-19)8-5-13-4-3-7-16-10-13/h3-4,7,10,12,19H,5-6,8-9,11H2,1-2H3,(H2,15,17). The Kier molecular flexibility index (Phi) is 6.89. The molecule has 0 saturated heterocycles. The first-order valence-corrected chi connectivity index (χ1v) is 6.69. The van der Waals surface area contributed by atoms with Crippen molar-refractivity contribution in [1.29, 1.82) is 0 Å². The van der Waals surface area contributed by atoms with Gasteiger partial charge in [0.15, 0.2) is 0 Å². The highest BCUT2D eigenvalue weighted by molar-refractivity contribution is 5.79. The number of pyridine rings is 1. The molecule has 1 heterocycles. The summed E-state index contributed by atoms with van der Waals surface area (Å²) in [5.41, 5.74) is 6.76. The molecule has 1 rings (SSSR count). The van der Waals surface area contributed by atoms with Gasteiger partial charge in [0, 0.05) is 38.4 Å². The van der Waals surface area contributed by atoms with Crippen LogP contribution in [0.25, 0.3) is 0 Å². The van der Waals surface area contributed by atoms with Crippen LogP contribution in [0, 0.1) is 5.92 Å². The van der Waals surface area contributed by atoms with E-state index in [1.807, 2.05) is 12.3 Å². The molecule has 0 aliphatic rings. The van der Waals surface area contributed by atoms with Crippen molar-refractivity contribution in [2.45, 2.75) is 26.7 Å². The van der Waals surface area contributed by atoms with Gasteiger partial charge in [-0.05, 0) is 24.0 Å². The highest BCUT2D eigenvalue weighted by Crippen LogP contribution is 2.04. The van der Waals surface area contributed by atoms with Gasteiger partial charge in [-0.25, -0.2) is 0 Å². The molecule has 0 aliphatic heterocycles. The largest absolute Gasteiger partial charge is 0.409 e. The smallest absolute Gasteiger partial charge is 0.140 e. The van der Waals surface area contributed by atoms with Gasteiger partial charge in [0.2, 0.25) is 0 Å². The summed E-state index contributed by atoms with van der Waals surface area (Å²) in [7, 11) is 0. The number of hydrogen-bond donors (Lipinski definition) is 2. The zero-order valence-corrected chi connectivity index (χ0v) is 11.8. The number of hydrogen-bond acceptors (Lipinski definition) is 4. The van der Waals surface area contributed by atoms with Crippen LogP contribution in [0.15, 0.2) is 29.7 Å². The summed E-state index contributed by atoms with van der Waals surface area (Å²) < 4.78 is 0. The van der Waals surface area contributed by atoms with Gasteiger partial charge in [-0.15, -0.1) is 0 Å². The van der Waals surface area contributed by atoms with E-state index in [9.17, 15) is 0 Å². The quantitative estimate of drug-likeness (QED) is 0.324. The van der Waals surface area contributed by atoms with Gasteiger partial charge in [0.25, 0.3) is 0 Å². The Hall–Kier alpha value is -1.62. The third kappa shape index (κ3) is 6.76. The molecule has 19 heavy (non-hydrogen) atoms. The number of rotatable bonds is 8. The highest BCUT2D eigenvalue weighted by Gasteiger charge is 2.08. The molecule has 0 radical (unpaired) electrons. The van der Waals surface area contributed by atoms with Crippen LogP contribution in [-0.2, 0) is 6.42 Å². The number of aromatic nitrogens is 1. The number of oxime groups is 1. The molecular formula is C14H24N4O. The van der Waals surface area contributed by atoms with Crippen LogP contribution >= 0.6 is 0 Å². The molecule has 0 spiro atoms. The predicted octanol–water partition coefficient (Wildman–Crippen LogP) is 1.72. The van der Waals surface area contributed by atoms with Gasteiger partial charge in [-0.3, -0.25) is 4.98 Å². The fourth-order valence-corrected chi connectivity index (χ4v) is 1.97. The monoisotopic (exact) mass is 264 g/mol. The summed E-state index contributed by atoms with van der Waals surface area (Å²) in [5, 5.41) is 11.6. The summed E-state index contributed by atoms with van der Waals surface area (Å²) in [4.78, 5) is 6.46. The number of amidine groups is 1. The van der Waals surface area contributed by atoms with Crippen molar-refractivity contribution in [2.24, 2.45) is 16.8 Å². The molecule has 0 bridgehead atoms. The van der Waals surface area contributed by atoms with Crippen molar-refractivity contribution in [2.75, 3.05) is 19.6 Å². The molecule has 0 unspecified atom stereocenters. The molecule has 3 N–H and O–H groups in total. The third-order valence-electron chi connectivity index (χ3n) is 2.88. The van der Waals surface area contributed by atoms with Crippen molar-refractivity contribution >= 4 is 5.84 Å². The zero-order valence-electron chi connectivity index (χ0n) is 11.8. The Bertz CT molecular complexity index is 378. The van der Waals surface area contributed by atoms with Gasteiger partial charge < -0.3 is 15.8 Å². The van der Waals surface area contributed by atoms with Gasteiger partial charge in [0.05, 0.1) is 0 Å². The molecule has 1 aromatic heterocycles. The van der Waals surface area contributed by atoms with E-state index >= 15 is 0 Å². The Labute approximate surface area is 115 Å². The molecule has 1 aromatic rings. The van der Waals surface area contributed by atoms with Crippen molar-refractivity contribution in [3.8, 4) is 0 Å². The first kappa shape index (κ1) is 15.4. The van der Waals surface area contributed by atoms with Crippen molar-refractivity contribution < 1.29 is 5.21 Å². The maximum absolute atomic E-state index is 8.57. The van der Waals surface area contributed by atoms with Crippen LogP contribution in [0.5, 0.6) is 0 Å². The van der Waals surface area contributed by atoms with E-state index in [0.29, 0.717) is 12.3 Å². The van der Waals surface area contributed by atoms with Crippen molar-refractivity contribution in [1.82, 2.24) is 9.88 Å². The molecule has 0 amide bonds. The molecule has 0 fully saturated rings. The maximum Gasteiger partial charge on any atom is 0.140 e. The predicted molar refractivity (Wildman–Crippen MR) is 77.2 cm³/mol. The van der Waals surface area contributed by atoms with Crippen LogP contribution < -0.4 is 5.73 Å². The van der Waals surface area contributed by atoms with Crippen LogP contribution in [0.1, 0.15) is 25.8 Å². The summed E-state index contributed by atoms with van der Waals surface area (Å²) in [5.74, 6) is 0.885. The number of nitrogens with two attached hydrogens (primary N) is 1. The first-order chi connectivity index (χ1) is 9.11. The molecule has 0 aromatic carbocycles. The SMILES string of the molecule is CC(C)CN(CCC(N)=NO)CCc1cccnc1. The summed E-state index contributed by atoms with van der Waals surface area (Å²) in [6.07, 6.45) is 5.25. The summed E-state index contributed by atoms with van der Waals surface area (Å²) in [6.45, 7) is 7.18. The molecule has 5 nitrogen and oxygen atoms in total. The summed E-state index contributed by atoms with van der Waals surface area (Å²) in [6, 6.07) is 4.04. The fourth-order valence-electron chi connectivity index (χ4n) is 1.97.